The first-order chi connectivity index (χ1) is 9.55. The number of nitrogens with zero attached hydrogens (tertiary/aromatic N) is 1. The van der Waals surface area contributed by atoms with Crippen molar-refractivity contribution in [2.45, 2.75) is 45.1 Å². The van der Waals surface area contributed by atoms with Gasteiger partial charge < -0.3 is 5.11 Å². The molecule has 0 bridgehead atoms. The van der Waals surface area contributed by atoms with Gasteiger partial charge in [0.25, 0.3) is 0 Å². The minimum absolute atomic E-state index is 0.0291. The van der Waals surface area contributed by atoms with Crippen LogP contribution in [0.5, 0.6) is 0 Å². The number of hydrogen-bond acceptors (Lipinski definition) is 4. The van der Waals surface area contributed by atoms with Crippen LogP contribution in [0.2, 0.25) is 0 Å². The molecule has 0 radical (unpaired) electrons. The maximum absolute atomic E-state index is 12.1. The molecule has 1 unspecified atom stereocenters. The smallest absolute Gasteiger partial charge is 0.240 e. The molecule has 0 aliphatic heterocycles. The molecule has 1 aromatic carbocycles. The number of aliphatic hydroxyl groups excluding tert-OH is 1. The third-order valence-corrected chi connectivity index (χ3v) is 4.41. The standard InChI is InChI=1S/C15H22N2O3S/c1-11-7-14(6-5-12(11)9-16)21(19,20)17-10-13(18)8-15(2,3)4/h5-7,13,17-18H,8,10H2,1-4H3. The highest BCUT2D eigenvalue weighted by atomic mass is 32.2. The van der Waals surface area contributed by atoms with Gasteiger partial charge in [-0.3, -0.25) is 0 Å². The molecule has 6 heteroatoms. The zero-order valence-electron chi connectivity index (χ0n) is 12.8. The summed E-state index contributed by atoms with van der Waals surface area (Å²) in [6, 6.07) is 6.32. The average molecular weight is 310 g/mol. The van der Waals surface area contributed by atoms with Crippen molar-refractivity contribution in [3.63, 3.8) is 0 Å². The quantitative estimate of drug-likeness (QED) is 0.869. The lowest BCUT2D eigenvalue weighted by atomic mass is 9.89. The summed E-state index contributed by atoms with van der Waals surface area (Å²) in [6.07, 6.45) is -0.235. The van der Waals surface area contributed by atoms with Crippen LogP contribution in [0, 0.1) is 23.7 Å². The molecule has 0 amide bonds. The lowest BCUT2D eigenvalue weighted by Crippen LogP contribution is -2.34. The minimum Gasteiger partial charge on any atom is -0.392 e. The van der Waals surface area contributed by atoms with Crippen molar-refractivity contribution in [1.82, 2.24) is 4.72 Å². The topological polar surface area (TPSA) is 90.2 Å². The van der Waals surface area contributed by atoms with Crippen LogP contribution in [0.4, 0.5) is 0 Å². The van der Waals surface area contributed by atoms with Crippen LogP contribution < -0.4 is 4.72 Å². The fourth-order valence-corrected chi connectivity index (χ4v) is 3.15. The molecule has 0 spiro atoms. The Morgan fingerprint density at radius 2 is 2.00 bits per heavy atom. The Hall–Kier alpha value is -1.42. The normalized spacial score (nSPS) is 13.7. The predicted octanol–water partition coefficient (Wildman–Crippen LogP) is 1.94. The third-order valence-electron chi connectivity index (χ3n) is 2.99. The van der Waals surface area contributed by atoms with Crippen molar-refractivity contribution in [3.8, 4) is 6.07 Å². The van der Waals surface area contributed by atoms with E-state index in [0.29, 0.717) is 17.5 Å². The molecule has 0 aliphatic rings. The lowest BCUT2D eigenvalue weighted by molar-refractivity contribution is 0.125. The van der Waals surface area contributed by atoms with E-state index in [-0.39, 0.29) is 16.9 Å². The van der Waals surface area contributed by atoms with E-state index < -0.39 is 16.1 Å². The van der Waals surface area contributed by atoms with E-state index in [2.05, 4.69) is 4.72 Å². The van der Waals surface area contributed by atoms with Gasteiger partial charge in [0.1, 0.15) is 0 Å². The van der Waals surface area contributed by atoms with Gasteiger partial charge in [-0.2, -0.15) is 5.26 Å². The van der Waals surface area contributed by atoms with Gasteiger partial charge >= 0.3 is 0 Å². The van der Waals surface area contributed by atoms with E-state index >= 15 is 0 Å². The molecular formula is C15H22N2O3S. The molecule has 0 aliphatic carbocycles. The fourth-order valence-electron chi connectivity index (χ4n) is 2.00. The molecule has 0 saturated heterocycles. The second-order valence-corrected chi connectivity index (χ2v) is 8.13. The van der Waals surface area contributed by atoms with Gasteiger partial charge in [-0.05, 0) is 42.5 Å². The van der Waals surface area contributed by atoms with E-state index in [1.165, 1.54) is 18.2 Å². The number of sulfonamides is 1. The van der Waals surface area contributed by atoms with Crippen molar-refractivity contribution in [3.05, 3.63) is 29.3 Å². The molecule has 1 rings (SSSR count). The van der Waals surface area contributed by atoms with E-state index in [0.717, 1.165) is 0 Å². The summed E-state index contributed by atoms with van der Waals surface area (Å²) in [5.74, 6) is 0. The Labute approximate surface area is 126 Å². The third kappa shape index (κ3) is 5.46. The summed E-state index contributed by atoms with van der Waals surface area (Å²) in [5, 5.41) is 18.7. The number of aliphatic hydroxyl groups is 1. The Morgan fingerprint density at radius 1 is 1.38 bits per heavy atom. The SMILES string of the molecule is Cc1cc(S(=O)(=O)NCC(O)CC(C)(C)C)ccc1C#N. The molecule has 1 atom stereocenters. The number of hydrogen-bond donors (Lipinski definition) is 2. The Kier molecular flexibility index (Phi) is 5.51. The second kappa shape index (κ2) is 6.56. The lowest BCUT2D eigenvalue weighted by Gasteiger charge is -2.22. The number of aryl methyl sites for hydroxylation is 1. The monoisotopic (exact) mass is 310 g/mol. The minimum atomic E-state index is -3.68. The van der Waals surface area contributed by atoms with Gasteiger partial charge in [0.15, 0.2) is 0 Å². The van der Waals surface area contributed by atoms with Crippen LogP contribution in [0.3, 0.4) is 0 Å². The largest absolute Gasteiger partial charge is 0.392 e. The molecule has 0 saturated carbocycles. The Morgan fingerprint density at radius 3 is 2.48 bits per heavy atom. The summed E-state index contributed by atoms with van der Waals surface area (Å²) in [6.45, 7) is 7.60. The molecule has 1 aromatic rings. The summed E-state index contributed by atoms with van der Waals surface area (Å²) in [4.78, 5) is 0.0990. The Balaban J connectivity index is 2.79. The van der Waals surface area contributed by atoms with Crippen molar-refractivity contribution in [1.29, 1.82) is 5.26 Å². The van der Waals surface area contributed by atoms with Gasteiger partial charge in [-0.15, -0.1) is 0 Å². The maximum atomic E-state index is 12.1. The molecule has 21 heavy (non-hydrogen) atoms. The van der Waals surface area contributed by atoms with Gasteiger partial charge in [0.2, 0.25) is 10.0 Å². The first-order valence-corrected chi connectivity index (χ1v) is 8.22. The van der Waals surface area contributed by atoms with Crippen molar-refractivity contribution in [2.75, 3.05) is 6.54 Å². The maximum Gasteiger partial charge on any atom is 0.240 e. The highest BCUT2D eigenvalue weighted by Gasteiger charge is 2.20. The first kappa shape index (κ1) is 17.6. The Bertz CT molecular complexity index is 640. The molecule has 0 heterocycles. The zero-order valence-corrected chi connectivity index (χ0v) is 13.7. The molecule has 0 fully saturated rings. The zero-order chi connectivity index (χ0) is 16.3. The average Bonchev–Trinajstić information content (AvgIpc) is 2.34. The van der Waals surface area contributed by atoms with E-state index in [4.69, 9.17) is 5.26 Å². The summed E-state index contributed by atoms with van der Waals surface area (Å²) < 4.78 is 26.7. The predicted molar refractivity (Wildman–Crippen MR) is 81.2 cm³/mol. The first-order valence-electron chi connectivity index (χ1n) is 6.74. The van der Waals surface area contributed by atoms with E-state index in [9.17, 15) is 13.5 Å². The van der Waals surface area contributed by atoms with E-state index in [1.54, 1.807) is 6.92 Å². The van der Waals surface area contributed by atoms with Crippen LogP contribution in [-0.2, 0) is 10.0 Å². The molecule has 0 aromatic heterocycles. The summed E-state index contributed by atoms with van der Waals surface area (Å²) >= 11 is 0. The fraction of sp³-hybridized carbons (Fsp3) is 0.533. The second-order valence-electron chi connectivity index (χ2n) is 6.36. The van der Waals surface area contributed by atoms with Gasteiger partial charge in [0.05, 0.1) is 22.6 Å². The van der Waals surface area contributed by atoms with Crippen LogP contribution in [0.15, 0.2) is 23.1 Å². The van der Waals surface area contributed by atoms with Crippen LogP contribution in [0.1, 0.15) is 38.3 Å². The van der Waals surface area contributed by atoms with Gasteiger partial charge in [0, 0.05) is 6.54 Å². The van der Waals surface area contributed by atoms with E-state index in [1.807, 2.05) is 26.8 Å². The molecule has 116 valence electrons. The van der Waals surface area contributed by atoms with Crippen LogP contribution in [0.25, 0.3) is 0 Å². The van der Waals surface area contributed by atoms with Crippen LogP contribution in [-0.4, -0.2) is 26.2 Å². The molecule has 5 nitrogen and oxygen atoms in total. The van der Waals surface area contributed by atoms with Gasteiger partial charge in [-0.25, -0.2) is 13.1 Å². The van der Waals surface area contributed by atoms with Crippen molar-refractivity contribution >= 4 is 10.0 Å². The van der Waals surface area contributed by atoms with Crippen molar-refractivity contribution in [2.24, 2.45) is 5.41 Å². The molecule has 2 N–H and O–H groups in total. The number of rotatable bonds is 5. The molecular weight excluding hydrogens is 288 g/mol. The summed E-state index contributed by atoms with van der Waals surface area (Å²) in [5.41, 5.74) is 0.980. The van der Waals surface area contributed by atoms with Crippen molar-refractivity contribution < 1.29 is 13.5 Å². The highest BCUT2D eigenvalue weighted by molar-refractivity contribution is 7.89. The number of nitriles is 1. The van der Waals surface area contributed by atoms with Crippen LogP contribution >= 0.6 is 0 Å². The highest BCUT2D eigenvalue weighted by Crippen LogP contribution is 2.21. The number of nitrogens with one attached hydrogen (secondary N) is 1. The van der Waals surface area contributed by atoms with Gasteiger partial charge in [-0.1, -0.05) is 20.8 Å². The number of benzene rings is 1. The summed E-state index contributed by atoms with van der Waals surface area (Å²) in [7, 11) is -3.68.